The van der Waals surface area contributed by atoms with Gasteiger partial charge in [-0.15, -0.1) is 0 Å². The van der Waals surface area contributed by atoms with Crippen molar-refractivity contribution < 1.29 is 22.5 Å². The molecular weight excluding hydrogens is 494 g/mol. The highest BCUT2D eigenvalue weighted by molar-refractivity contribution is 7.89. The lowest BCUT2D eigenvalue weighted by Gasteiger charge is -2.23. The van der Waals surface area contributed by atoms with E-state index in [-0.39, 0.29) is 11.0 Å². The maximum Gasteiger partial charge on any atom is 0.414 e. The second-order valence-corrected chi connectivity index (χ2v) is 11.7. The molecule has 0 bridgehead atoms. The fourth-order valence-corrected chi connectivity index (χ4v) is 5.27. The number of aromatic nitrogens is 2. The molecule has 2 heterocycles. The number of amides is 1. The molecule has 1 fully saturated rings. The zero-order valence-electron chi connectivity index (χ0n) is 21.8. The van der Waals surface area contributed by atoms with Crippen molar-refractivity contribution in [2.75, 3.05) is 45.2 Å². The van der Waals surface area contributed by atoms with Gasteiger partial charge in [-0.1, -0.05) is 31.1 Å². The van der Waals surface area contributed by atoms with Gasteiger partial charge in [-0.3, -0.25) is 4.90 Å². The Labute approximate surface area is 217 Å². The number of rotatable bonds is 10. The maximum absolute atomic E-state index is 12.9. The van der Waals surface area contributed by atoms with Gasteiger partial charge in [0.2, 0.25) is 21.7 Å². The van der Waals surface area contributed by atoms with E-state index in [2.05, 4.69) is 24.0 Å². The third-order valence-electron chi connectivity index (χ3n) is 6.41. The maximum atomic E-state index is 12.9. The van der Waals surface area contributed by atoms with Gasteiger partial charge in [-0.25, -0.2) is 13.2 Å². The summed E-state index contributed by atoms with van der Waals surface area (Å²) in [5.74, 6) is 1.31. The summed E-state index contributed by atoms with van der Waals surface area (Å²) in [5.41, 5.74) is 2.60. The molecular formula is C26H33N5O5S. The van der Waals surface area contributed by atoms with Gasteiger partial charge in [-0.2, -0.15) is 9.29 Å². The van der Waals surface area contributed by atoms with Crippen molar-refractivity contribution in [3.8, 4) is 11.4 Å². The normalized spacial score (nSPS) is 16.3. The first kappa shape index (κ1) is 26.8. The third kappa shape index (κ3) is 6.17. The lowest BCUT2D eigenvalue weighted by Crippen LogP contribution is -2.38. The zero-order valence-corrected chi connectivity index (χ0v) is 22.6. The van der Waals surface area contributed by atoms with Crippen LogP contribution >= 0.6 is 0 Å². The number of benzene rings is 2. The van der Waals surface area contributed by atoms with E-state index in [0.29, 0.717) is 49.5 Å². The van der Waals surface area contributed by atoms with E-state index in [1.54, 1.807) is 31.0 Å². The largest absolute Gasteiger partial charge is 0.443 e. The average molecular weight is 528 g/mol. The number of ether oxygens (including phenoxy) is 1. The van der Waals surface area contributed by atoms with E-state index in [4.69, 9.17) is 9.26 Å². The van der Waals surface area contributed by atoms with Crippen LogP contribution in [0.4, 0.5) is 10.5 Å². The summed E-state index contributed by atoms with van der Waals surface area (Å²) in [4.78, 5) is 20.5. The van der Waals surface area contributed by atoms with E-state index in [0.717, 1.165) is 11.1 Å². The molecule has 4 rings (SSSR count). The van der Waals surface area contributed by atoms with Crippen LogP contribution in [0.15, 0.2) is 57.9 Å². The van der Waals surface area contributed by atoms with Crippen LogP contribution in [0.2, 0.25) is 0 Å². The van der Waals surface area contributed by atoms with Gasteiger partial charge >= 0.3 is 6.09 Å². The minimum absolute atomic E-state index is 0.280. The van der Waals surface area contributed by atoms with Crippen LogP contribution in [-0.2, 0) is 14.8 Å². The summed E-state index contributed by atoms with van der Waals surface area (Å²) in [6, 6.07) is 14.3. The molecule has 1 unspecified atom stereocenters. The van der Waals surface area contributed by atoms with Gasteiger partial charge in [-0.05, 0) is 54.9 Å². The van der Waals surface area contributed by atoms with E-state index >= 15 is 0 Å². The van der Waals surface area contributed by atoms with Crippen LogP contribution in [0, 0.1) is 6.92 Å². The van der Waals surface area contributed by atoms with Crippen LogP contribution in [0.1, 0.15) is 31.2 Å². The molecule has 1 aliphatic rings. The highest BCUT2D eigenvalue weighted by Gasteiger charge is 2.33. The topological polar surface area (TPSA) is 109 Å². The average Bonchev–Trinajstić information content (AvgIpc) is 3.47. The minimum atomic E-state index is -3.58. The minimum Gasteiger partial charge on any atom is -0.443 e. The molecule has 0 aliphatic carbocycles. The molecule has 3 aromatic rings. The Kier molecular flexibility index (Phi) is 7.96. The molecule has 198 valence electrons. The van der Waals surface area contributed by atoms with Crippen LogP contribution in [0.3, 0.4) is 0 Å². The number of nitrogens with zero attached hydrogens (tertiary/aromatic N) is 5. The second kappa shape index (κ2) is 11.0. The Hall–Kier alpha value is -3.28. The number of sulfonamides is 1. The van der Waals surface area contributed by atoms with Gasteiger partial charge in [0.15, 0.2) is 0 Å². The van der Waals surface area contributed by atoms with Gasteiger partial charge in [0.25, 0.3) is 0 Å². The molecule has 1 saturated heterocycles. The summed E-state index contributed by atoms with van der Waals surface area (Å²) in [6.07, 6.45) is -0.742. The quantitative estimate of drug-likeness (QED) is 0.392. The highest BCUT2D eigenvalue weighted by Crippen LogP contribution is 2.25. The van der Waals surface area contributed by atoms with Crippen LogP contribution in [-0.4, -0.2) is 80.2 Å². The molecule has 1 aromatic heterocycles. The highest BCUT2D eigenvalue weighted by atomic mass is 32.2. The molecule has 0 spiro atoms. The number of hydrogen-bond donors (Lipinski definition) is 0. The lowest BCUT2D eigenvalue weighted by molar-refractivity contribution is 0.116. The second-order valence-electron chi connectivity index (χ2n) is 9.61. The molecule has 0 N–H and O–H groups in total. The molecule has 1 aliphatic heterocycles. The number of hydrogen-bond acceptors (Lipinski definition) is 8. The Balaban J connectivity index is 1.29. The van der Waals surface area contributed by atoms with Crippen LogP contribution < -0.4 is 4.90 Å². The van der Waals surface area contributed by atoms with E-state index in [9.17, 15) is 13.2 Å². The van der Waals surface area contributed by atoms with E-state index in [1.807, 2.05) is 48.3 Å². The Bertz CT molecular complexity index is 1320. The van der Waals surface area contributed by atoms with Crippen molar-refractivity contribution in [3.63, 3.8) is 0 Å². The predicted octanol–water partition coefficient (Wildman–Crippen LogP) is 3.75. The SMILES string of the molecule is Cc1nc(-c2ccc(N3CC(CN(C)CCN(C)S(=O)(=O)c4ccc(C(C)C)cc4)OC3=O)cc2)no1. The molecule has 1 amide bonds. The molecule has 10 nitrogen and oxygen atoms in total. The fraction of sp³-hybridized carbons (Fsp3) is 0.423. The Morgan fingerprint density at radius 1 is 1.05 bits per heavy atom. The number of carbonyl (C=O) groups is 1. The number of cyclic esters (lactones) is 1. The first-order chi connectivity index (χ1) is 17.5. The predicted molar refractivity (Wildman–Crippen MR) is 140 cm³/mol. The monoisotopic (exact) mass is 527 g/mol. The zero-order chi connectivity index (χ0) is 26.7. The number of aryl methyl sites for hydroxylation is 1. The molecule has 11 heteroatoms. The van der Waals surface area contributed by atoms with Crippen molar-refractivity contribution in [1.29, 1.82) is 0 Å². The molecule has 2 aromatic carbocycles. The Morgan fingerprint density at radius 3 is 2.32 bits per heavy atom. The Morgan fingerprint density at radius 2 is 1.73 bits per heavy atom. The molecule has 0 saturated carbocycles. The summed E-state index contributed by atoms with van der Waals surface area (Å²) in [5, 5.41) is 3.91. The summed E-state index contributed by atoms with van der Waals surface area (Å²) < 4.78 is 37.8. The molecule has 37 heavy (non-hydrogen) atoms. The van der Waals surface area contributed by atoms with E-state index in [1.165, 1.54) is 4.31 Å². The number of anilines is 1. The number of carbonyl (C=O) groups excluding carboxylic acids is 1. The van der Waals surface area contributed by atoms with Crippen molar-refractivity contribution >= 4 is 21.8 Å². The van der Waals surface area contributed by atoms with Gasteiger partial charge in [0.1, 0.15) is 6.10 Å². The summed E-state index contributed by atoms with van der Waals surface area (Å²) in [7, 11) is -0.117. The third-order valence-corrected chi connectivity index (χ3v) is 8.28. The van der Waals surface area contributed by atoms with Gasteiger partial charge in [0, 0.05) is 44.9 Å². The number of likely N-dealkylation sites (N-methyl/N-ethyl adjacent to an activating group) is 2. The first-order valence-electron chi connectivity index (χ1n) is 12.2. The van der Waals surface area contributed by atoms with Crippen LogP contribution in [0.25, 0.3) is 11.4 Å². The summed E-state index contributed by atoms with van der Waals surface area (Å²) >= 11 is 0. The van der Waals surface area contributed by atoms with E-state index < -0.39 is 16.1 Å². The fourth-order valence-electron chi connectivity index (χ4n) is 4.11. The van der Waals surface area contributed by atoms with Crippen molar-refractivity contribution in [2.45, 2.75) is 37.7 Å². The van der Waals surface area contributed by atoms with Crippen molar-refractivity contribution in [1.82, 2.24) is 19.3 Å². The molecule has 0 radical (unpaired) electrons. The van der Waals surface area contributed by atoms with Crippen molar-refractivity contribution in [3.05, 3.63) is 60.0 Å². The summed E-state index contributed by atoms with van der Waals surface area (Å²) in [6.45, 7) is 7.56. The standard InChI is InChI=1S/C26H33N5O5S/c1-18(2)20-8-12-24(13-9-20)37(33,34)30(5)15-14-29(4)16-23-17-31(26(32)35-23)22-10-6-21(7-11-22)25-27-19(3)36-28-25/h6-13,18,23H,14-17H2,1-5H3. The van der Waals surface area contributed by atoms with Crippen molar-refractivity contribution in [2.24, 2.45) is 0 Å². The lowest BCUT2D eigenvalue weighted by atomic mass is 10.0. The van der Waals surface area contributed by atoms with Crippen LogP contribution in [0.5, 0.6) is 0 Å². The molecule has 1 atom stereocenters. The van der Waals surface area contributed by atoms with Gasteiger partial charge < -0.3 is 14.2 Å². The smallest absolute Gasteiger partial charge is 0.414 e. The first-order valence-corrected chi connectivity index (χ1v) is 13.6. The van der Waals surface area contributed by atoms with Gasteiger partial charge in [0.05, 0.1) is 11.4 Å².